The van der Waals surface area contributed by atoms with Gasteiger partial charge in [0.2, 0.25) is 0 Å². The number of hydrogen-bond acceptors (Lipinski definition) is 4. The van der Waals surface area contributed by atoms with Crippen LogP contribution in [0.5, 0.6) is 0 Å². The Hall–Kier alpha value is -1.20. The van der Waals surface area contributed by atoms with Crippen LogP contribution in [0.2, 0.25) is 0 Å². The number of rotatable bonds is 3. The molecule has 2 aliphatic rings. The Labute approximate surface area is 131 Å². The first kappa shape index (κ1) is 14.7. The SMILES string of the molecule is NC(=S)c1cc2c(nc1N1CCCCC1CO)CCCC2. The summed E-state index contributed by atoms with van der Waals surface area (Å²) < 4.78 is 0. The van der Waals surface area contributed by atoms with E-state index in [1.807, 2.05) is 0 Å². The largest absolute Gasteiger partial charge is 0.394 e. The monoisotopic (exact) mass is 305 g/mol. The molecule has 0 bridgehead atoms. The Morgan fingerprint density at radius 3 is 2.90 bits per heavy atom. The van der Waals surface area contributed by atoms with E-state index in [0.717, 1.165) is 50.0 Å². The fourth-order valence-corrected chi connectivity index (χ4v) is 3.64. The third kappa shape index (κ3) is 2.90. The van der Waals surface area contributed by atoms with Crippen LogP contribution in [0, 0.1) is 0 Å². The summed E-state index contributed by atoms with van der Waals surface area (Å²) in [4.78, 5) is 7.53. The van der Waals surface area contributed by atoms with Gasteiger partial charge < -0.3 is 15.7 Å². The summed E-state index contributed by atoms with van der Waals surface area (Å²) >= 11 is 5.25. The standard InChI is InChI=1S/C16H23N3OS/c17-15(21)13-9-11-5-1-2-7-14(11)18-16(13)19-8-4-3-6-12(19)10-20/h9,12,20H,1-8,10H2,(H2,17,21). The highest BCUT2D eigenvalue weighted by Gasteiger charge is 2.27. The minimum Gasteiger partial charge on any atom is -0.394 e. The zero-order valence-electron chi connectivity index (χ0n) is 12.3. The molecule has 1 aromatic rings. The zero-order valence-corrected chi connectivity index (χ0v) is 13.2. The average Bonchev–Trinajstić information content (AvgIpc) is 2.53. The molecule has 0 spiro atoms. The van der Waals surface area contributed by atoms with E-state index in [-0.39, 0.29) is 12.6 Å². The van der Waals surface area contributed by atoms with Crippen molar-refractivity contribution in [2.24, 2.45) is 5.73 Å². The minimum atomic E-state index is 0.140. The molecule has 0 amide bonds. The predicted molar refractivity (Wildman–Crippen MR) is 88.8 cm³/mol. The van der Waals surface area contributed by atoms with Gasteiger partial charge in [0.05, 0.1) is 18.2 Å². The molecule has 4 nitrogen and oxygen atoms in total. The highest BCUT2D eigenvalue weighted by molar-refractivity contribution is 7.80. The summed E-state index contributed by atoms with van der Waals surface area (Å²) in [7, 11) is 0. The van der Waals surface area contributed by atoms with E-state index in [4.69, 9.17) is 22.9 Å². The number of aryl methyl sites for hydroxylation is 2. The molecule has 1 atom stereocenters. The first-order chi connectivity index (χ1) is 10.2. The van der Waals surface area contributed by atoms with Crippen molar-refractivity contribution in [3.8, 4) is 0 Å². The van der Waals surface area contributed by atoms with Gasteiger partial charge in [-0.25, -0.2) is 4.98 Å². The molecule has 1 aliphatic heterocycles. The number of hydrogen-bond donors (Lipinski definition) is 2. The third-order valence-corrected chi connectivity index (χ3v) is 4.88. The lowest BCUT2D eigenvalue weighted by Crippen LogP contribution is -2.43. The normalized spacial score (nSPS) is 22.0. The Balaban J connectivity index is 2.04. The maximum Gasteiger partial charge on any atom is 0.139 e. The van der Waals surface area contributed by atoms with E-state index < -0.39 is 0 Å². The summed E-state index contributed by atoms with van der Waals surface area (Å²) in [5.74, 6) is 0.891. The van der Waals surface area contributed by atoms with Crippen molar-refractivity contribution in [3.05, 3.63) is 22.9 Å². The molecule has 5 heteroatoms. The molecule has 1 fully saturated rings. The molecule has 1 aliphatic carbocycles. The van der Waals surface area contributed by atoms with E-state index in [1.54, 1.807) is 0 Å². The van der Waals surface area contributed by atoms with Gasteiger partial charge in [-0.05, 0) is 56.6 Å². The van der Waals surface area contributed by atoms with Crippen molar-refractivity contribution in [1.82, 2.24) is 4.98 Å². The van der Waals surface area contributed by atoms with Crippen LogP contribution in [0.3, 0.4) is 0 Å². The van der Waals surface area contributed by atoms with Crippen molar-refractivity contribution in [1.29, 1.82) is 0 Å². The molecule has 1 unspecified atom stereocenters. The minimum absolute atomic E-state index is 0.140. The zero-order chi connectivity index (χ0) is 14.8. The van der Waals surface area contributed by atoms with Crippen molar-refractivity contribution < 1.29 is 5.11 Å². The van der Waals surface area contributed by atoms with Gasteiger partial charge in [-0.15, -0.1) is 0 Å². The number of aliphatic hydroxyl groups excluding tert-OH is 1. The summed E-state index contributed by atoms with van der Waals surface area (Å²) in [5, 5.41) is 9.66. The van der Waals surface area contributed by atoms with E-state index >= 15 is 0 Å². The maximum atomic E-state index is 9.66. The summed E-state index contributed by atoms with van der Waals surface area (Å²) in [6.07, 6.45) is 7.83. The van der Waals surface area contributed by atoms with Crippen LogP contribution in [-0.2, 0) is 12.8 Å². The number of pyridine rings is 1. The van der Waals surface area contributed by atoms with E-state index in [9.17, 15) is 5.11 Å². The third-order valence-electron chi connectivity index (χ3n) is 4.66. The number of piperidine rings is 1. The molecule has 0 aromatic carbocycles. The topological polar surface area (TPSA) is 62.4 Å². The molecule has 21 heavy (non-hydrogen) atoms. The summed E-state index contributed by atoms with van der Waals surface area (Å²) in [6, 6.07) is 2.28. The molecule has 0 saturated carbocycles. The molecule has 3 rings (SSSR count). The second-order valence-corrected chi connectivity index (χ2v) is 6.50. The Morgan fingerprint density at radius 2 is 2.14 bits per heavy atom. The van der Waals surface area contributed by atoms with Crippen LogP contribution in [0.1, 0.15) is 48.9 Å². The van der Waals surface area contributed by atoms with Crippen molar-refractivity contribution in [2.45, 2.75) is 51.0 Å². The van der Waals surface area contributed by atoms with Crippen molar-refractivity contribution in [2.75, 3.05) is 18.1 Å². The van der Waals surface area contributed by atoms with Gasteiger partial charge in [-0.1, -0.05) is 12.2 Å². The predicted octanol–water partition coefficient (Wildman–Crippen LogP) is 1.95. The molecule has 114 valence electrons. The van der Waals surface area contributed by atoms with E-state index in [1.165, 1.54) is 24.1 Å². The molecular weight excluding hydrogens is 282 g/mol. The van der Waals surface area contributed by atoms with E-state index in [0.29, 0.717) is 4.99 Å². The first-order valence-corrected chi connectivity index (χ1v) is 8.31. The van der Waals surface area contributed by atoms with Gasteiger partial charge in [0.1, 0.15) is 10.8 Å². The number of fused-ring (bicyclic) bond motifs is 1. The number of nitrogens with two attached hydrogens (primary N) is 1. The van der Waals surface area contributed by atoms with Crippen LogP contribution >= 0.6 is 12.2 Å². The molecule has 1 saturated heterocycles. The molecule has 2 heterocycles. The van der Waals surface area contributed by atoms with Gasteiger partial charge in [-0.3, -0.25) is 0 Å². The Bertz CT molecular complexity index is 547. The van der Waals surface area contributed by atoms with Gasteiger partial charge in [0.15, 0.2) is 0 Å². The number of anilines is 1. The molecular formula is C16H23N3OS. The number of nitrogens with zero attached hydrogens (tertiary/aromatic N) is 2. The lowest BCUT2D eigenvalue weighted by molar-refractivity contribution is 0.239. The van der Waals surface area contributed by atoms with Crippen molar-refractivity contribution >= 4 is 23.0 Å². The second-order valence-electron chi connectivity index (χ2n) is 6.06. The maximum absolute atomic E-state index is 9.66. The number of aliphatic hydroxyl groups is 1. The lowest BCUT2D eigenvalue weighted by atomic mass is 9.94. The number of thiocarbonyl (C=S) groups is 1. The van der Waals surface area contributed by atoms with Crippen LogP contribution in [0.15, 0.2) is 6.07 Å². The average molecular weight is 305 g/mol. The van der Waals surface area contributed by atoms with E-state index in [2.05, 4.69) is 11.0 Å². The number of aromatic nitrogens is 1. The van der Waals surface area contributed by atoms with Crippen LogP contribution in [0.4, 0.5) is 5.82 Å². The highest BCUT2D eigenvalue weighted by Crippen LogP contribution is 2.30. The Kier molecular flexibility index (Phi) is 4.40. The molecule has 0 radical (unpaired) electrons. The fraction of sp³-hybridized carbons (Fsp3) is 0.625. The van der Waals surface area contributed by atoms with Crippen LogP contribution in [-0.4, -0.2) is 34.3 Å². The first-order valence-electron chi connectivity index (χ1n) is 7.91. The second kappa shape index (κ2) is 6.28. The quantitative estimate of drug-likeness (QED) is 0.836. The van der Waals surface area contributed by atoms with Crippen molar-refractivity contribution in [3.63, 3.8) is 0 Å². The Morgan fingerprint density at radius 1 is 1.33 bits per heavy atom. The molecule has 3 N–H and O–H groups in total. The highest BCUT2D eigenvalue weighted by atomic mass is 32.1. The lowest BCUT2D eigenvalue weighted by Gasteiger charge is -2.37. The van der Waals surface area contributed by atoms with Gasteiger partial charge in [0.25, 0.3) is 0 Å². The smallest absolute Gasteiger partial charge is 0.139 e. The summed E-state index contributed by atoms with van der Waals surface area (Å²) in [5.41, 5.74) is 9.31. The van der Waals surface area contributed by atoms with Gasteiger partial charge in [0, 0.05) is 12.2 Å². The van der Waals surface area contributed by atoms with Crippen LogP contribution < -0.4 is 10.6 Å². The molecule has 1 aromatic heterocycles. The van der Waals surface area contributed by atoms with Crippen LogP contribution in [0.25, 0.3) is 0 Å². The fourth-order valence-electron chi connectivity index (χ4n) is 3.49. The summed E-state index contributed by atoms with van der Waals surface area (Å²) in [6.45, 7) is 1.09. The van der Waals surface area contributed by atoms with Gasteiger partial charge >= 0.3 is 0 Å². The van der Waals surface area contributed by atoms with Gasteiger partial charge in [-0.2, -0.15) is 0 Å².